The first-order valence-electron chi connectivity index (χ1n) is 14.9. The molecule has 12 heteroatoms. The number of rotatable bonds is 13. The third-order valence-electron chi connectivity index (χ3n) is 8.06. The summed E-state index contributed by atoms with van der Waals surface area (Å²) in [4.78, 5) is 35.4. The van der Waals surface area contributed by atoms with Gasteiger partial charge >= 0.3 is 17.9 Å². The van der Waals surface area contributed by atoms with Gasteiger partial charge in [0.25, 0.3) is 0 Å². The molecule has 2 fully saturated rings. The number of piperidine rings is 2. The number of carbonyl (C=O) groups is 3. The molecule has 0 spiro atoms. The van der Waals surface area contributed by atoms with Crippen molar-refractivity contribution in [3.8, 4) is 11.5 Å². The summed E-state index contributed by atoms with van der Waals surface area (Å²) in [6.45, 7) is 6.69. The summed E-state index contributed by atoms with van der Waals surface area (Å²) in [5.41, 5.74) is -1.44. The highest BCUT2D eigenvalue weighted by Gasteiger charge is 2.41. The van der Waals surface area contributed by atoms with Gasteiger partial charge in [0, 0.05) is 37.3 Å². The Bertz CT molecular complexity index is 1220. The van der Waals surface area contributed by atoms with Crippen LogP contribution in [0.5, 0.6) is 11.5 Å². The number of carboxylic acid groups (broad SMARTS) is 3. The molecule has 242 valence electrons. The molecule has 2 aliphatic rings. The second-order valence-electron chi connectivity index (χ2n) is 11.3. The molecule has 0 saturated carbocycles. The summed E-state index contributed by atoms with van der Waals surface area (Å²) in [5.74, 6) is -3.26. The summed E-state index contributed by atoms with van der Waals surface area (Å²) < 4.78 is 11.7. The van der Waals surface area contributed by atoms with Crippen molar-refractivity contribution in [1.29, 1.82) is 0 Å². The van der Waals surface area contributed by atoms with Crippen LogP contribution in [0, 0.1) is 0 Å². The van der Waals surface area contributed by atoms with Crippen molar-refractivity contribution in [3.63, 3.8) is 0 Å². The number of methoxy groups -OCH3 is 1. The molecule has 0 bridgehead atoms. The number of nitrogens with zero attached hydrogens (tertiary/aromatic N) is 2. The van der Waals surface area contributed by atoms with Crippen molar-refractivity contribution in [2.75, 3.05) is 46.4 Å². The molecule has 0 radical (unpaired) electrons. The molecule has 0 aliphatic carbocycles. The van der Waals surface area contributed by atoms with Crippen molar-refractivity contribution in [1.82, 2.24) is 9.80 Å². The fourth-order valence-electron chi connectivity index (χ4n) is 5.58. The van der Waals surface area contributed by atoms with Gasteiger partial charge in [-0.25, -0.2) is 4.79 Å². The predicted octanol–water partition coefficient (Wildman–Crippen LogP) is 2.80. The largest absolute Gasteiger partial charge is 0.496 e. The fourth-order valence-corrected chi connectivity index (χ4v) is 5.58. The van der Waals surface area contributed by atoms with Crippen molar-refractivity contribution >= 4 is 17.9 Å². The number of hydrogen-bond acceptors (Lipinski definition) is 9. The van der Waals surface area contributed by atoms with E-state index >= 15 is 0 Å². The molecule has 0 amide bonds. The Labute approximate surface area is 257 Å². The summed E-state index contributed by atoms with van der Waals surface area (Å²) in [5, 5.41) is 45.1. The molecule has 0 unspecified atom stereocenters. The lowest BCUT2D eigenvalue weighted by Crippen LogP contribution is -2.42. The second-order valence-corrected chi connectivity index (χ2v) is 11.3. The zero-order valence-corrected chi connectivity index (χ0v) is 25.2. The Morgan fingerprint density at radius 3 is 1.95 bits per heavy atom. The van der Waals surface area contributed by atoms with Crippen LogP contribution < -0.4 is 9.47 Å². The van der Waals surface area contributed by atoms with E-state index in [2.05, 4.69) is 34.1 Å². The molecular weight excluding hydrogens is 572 g/mol. The minimum absolute atomic E-state index is 0.700. The lowest BCUT2D eigenvalue weighted by atomic mass is 9.83. The van der Waals surface area contributed by atoms with Gasteiger partial charge in [0.05, 0.1) is 25.6 Å². The average Bonchev–Trinajstić information content (AvgIpc) is 2.99. The Hall–Kier alpha value is -3.71. The topological polar surface area (TPSA) is 177 Å². The summed E-state index contributed by atoms with van der Waals surface area (Å²) >= 11 is 0. The van der Waals surface area contributed by atoms with Crippen molar-refractivity contribution in [3.05, 3.63) is 59.7 Å². The Kier molecular flexibility index (Phi) is 13.0. The summed E-state index contributed by atoms with van der Waals surface area (Å²) in [7, 11) is 1.67. The number of ether oxygens (including phenoxy) is 2. The van der Waals surface area contributed by atoms with Crippen LogP contribution >= 0.6 is 0 Å². The van der Waals surface area contributed by atoms with Crippen molar-refractivity contribution in [2.45, 2.75) is 62.7 Å². The number of para-hydroxylation sites is 2. The quantitative estimate of drug-likeness (QED) is 0.223. The number of aliphatic hydroxyl groups is 2. The maximum atomic E-state index is 11.3. The van der Waals surface area contributed by atoms with Gasteiger partial charge in [-0.3, -0.25) is 19.4 Å². The molecule has 5 N–H and O–H groups in total. The minimum atomic E-state index is -2.74. The first-order valence-corrected chi connectivity index (χ1v) is 14.9. The number of hydrogen-bond donors (Lipinski definition) is 5. The van der Waals surface area contributed by atoms with Gasteiger partial charge in [0.15, 0.2) is 5.60 Å². The van der Waals surface area contributed by atoms with E-state index < -0.39 is 42.0 Å². The van der Waals surface area contributed by atoms with Gasteiger partial charge < -0.3 is 35.0 Å². The van der Waals surface area contributed by atoms with Gasteiger partial charge in [-0.05, 0) is 50.9 Å². The Balaban J connectivity index is 0.000000345. The third kappa shape index (κ3) is 10.2. The first kappa shape index (κ1) is 34.8. The number of aliphatic carboxylic acids is 3. The second kappa shape index (κ2) is 16.4. The van der Waals surface area contributed by atoms with Crippen molar-refractivity contribution in [2.24, 2.45) is 0 Å². The number of carboxylic acids is 3. The van der Waals surface area contributed by atoms with Gasteiger partial charge in [-0.15, -0.1) is 0 Å². The highest BCUT2D eigenvalue weighted by atomic mass is 16.5. The smallest absolute Gasteiger partial charge is 0.336 e. The zero-order chi connectivity index (χ0) is 32.2. The SMILES string of the molecule is COc1ccccc1C1(O)CCN(Cc2ccccc2OCCN2CCCCC2)CC1.O=C(O)CC(O)(CC(=O)O)C(=O)O. The third-order valence-corrected chi connectivity index (χ3v) is 8.06. The van der Waals surface area contributed by atoms with Crippen LogP contribution in [0.25, 0.3) is 0 Å². The lowest BCUT2D eigenvalue weighted by molar-refractivity contribution is -0.170. The van der Waals surface area contributed by atoms with E-state index in [4.69, 9.17) is 29.9 Å². The van der Waals surface area contributed by atoms with E-state index in [0.29, 0.717) is 12.8 Å². The predicted molar refractivity (Wildman–Crippen MR) is 161 cm³/mol. The summed E-state index contributed by atoms with van der Waals surface area (Å²) in [6, 6.07) is 16.2. The first-order chi connectivity index (χ1) is 21.0. The van der Waals surface area contributed by atoms with Crippen LogP contribution in [0.3, 0.4) is 0 Å². The Morgan fingerprint density at radius 1 is 0.818 bits per heavy atom. The van der Waals surface area contributed by atoms with Crippen LogP contribution in [-0.4, -0.2) is 105 Å². The zero-order valence-electron chi connectivity index (χ0n) is 25.2. The maximum absolute atomic E-state index is 11.3. The minimum Gasteiger partial charge on any atom is -0.496 e. The normalized spacial score (nSPS) is 17.2. The number of benzene rings is 2. The Morgan fingerprint density at radius 2 is 1.39 bits per heavy atom. The van der Waals surface area contributed by atoms with Crippen LogP contribution in [0.15, 0.2) is 48.5 Å². The van der Waals surface area contributed by atoms with E-state index in [1.807, 2.05) is 24.3 Å². The highest BCUT2D eigenvalue weighted by molar-refractivity contribution is 5.88. The molecule has 12 nitrogen and oxygen atoms in total. The number of likely N-dealkylation sites (tertiary alicyclic amines) is 2. The molecule has 2 heterocycles. The molecule has 2 aromatic carbocycles. The molecule has 2 aromatic rings. The van der Waals surface area contributed by atoms with Crippen LogP contribution in [0.4, 0.5) is 0 Å². The van der Waals surface area contributed by atoms with Crippen LogP contribution in [0.2, 0.25) is 0 Å². The van der Waals surface area contributed by atoms with E-state index in [-0.39, 0.29) is 0 Å². The van der Waals surface area contributed by atoms with Gasteiger partial charge in [0.1, 0.15) is 18.1 Å². The van der Waals surface area contributed by atoms with Crippen molar-refractivity contribution < 1.29 is 49.4 Å². The molecule has 0 aromatic heterocycles. The van der Waals surface area contributed by atoms with Gasteiger partial charge in [0.2, 0.25) is 0 Å². The van der Waals surface area contributed by atoms with E-state index in [1.165, 1.54) is 37.9 Å². The lowest BCUT2D eigenvalue weighted by Gasteiger charge is -2.39. The monoisotopic (exact) mass is 616 g/mol. The molecule has 4 rings (SSSR count). The standard InChI is InChI=1S/C26H36N2O3.C6H8O7/c1-30-25-12-6-4-10-23(25)26(29)13-17-28(18-14-26)21-22-9-3-5-11-24(22)31-20-19-27-15-7-2-8-16-27;7-3(8)1-6(13,5(11)12)2-4(9)10/h3-6,9-12,29H,2,7-8,13-21H2,1H3;13H,1-2H2,(H,7,8)(H,9,10)(H,11,12). The van der Waals surface area contributed by atoms with E-state index in [0.717, 1.165) is 49.8 Å². The molecule has 2 aliphatic heterocycles. The maximum Gasteiger partial charge on any atom is 0.336 e. The van der Waals surface area contributed by atoms with Crippen LogP contribution in [0.1, 0.15) is 56.1 Å². The molecule has 2 saturated heterocycles. The molecule has 0 atom stereocenters. The fraction of sp³-hybridized carbons (Fsp3) is 0.531. The average molecular weight is 617 g/mol. The highest BCUT2D eigenvalue weighted by Crippen LogP contribution is 2.38. The van der Waals surface area contributed by atoms with Crippen LogP contribution in [-0.2, 0) is 26.5 Å². The summed E-state index contributed by atoms with van der Waals surface area (Å²) in [6.07, 6.45) is 3.10. The van der Waals surface area contributed by atoms with Gasteiger partial charge in [-0.1, -0.05) is 42.8 Å². The molecule has 44 heavy (non-hydrogen) atoms. The van der Waals surface area contributed by atoms with Gasteiger partial charge in [-0.2, -0.15) is 0 Å². The molecular formula is C32H44N2O10. The van der Waals surface area contributed by atoms with E-state index in [1.54, 1.807) is 7.11 Å². The van der Waals surface area contributed by atoms with E-state index in [9.17, 15) is 19.5 Å².